The molecule has 0 unspecified atom stereocenters. The molecule has 1 heterocycles. The average molecular weight is 304 g/mol. The second-order valence-corrected chi connectivity index (χ2v) is 6.16. The van der Waals surface area contributed by atoms with Gasteiger partial charge in [-0.05, 0) is 56.5 Å². The third kappa shape index (κ3) is 5.34. The van der Waals surface area contributed by atoms with E-state index in [1.165, 1.54) is 12.8 Å². The standard InChI is InChI=1S/C18H28N2O2/c1-3-13-22-17-6-4-5-16(14-17)18(21)19-9-12-20-10-7-15(2)8-11-20/h4-6,14-15H,3,7-13H2,1-2H3,(H,19,21). The zero-order valence-corrected chi connectivity index (χ0v) is 13.8. The maximum atomic E-state index is 12.2. The van der Waals surface area contributed by atoms with Crippen molar-refractivity contribution in [3.8, 4) is 5.75 Å². The summed E-state index contributed by atoms with van der Waals surface area (Å²) in [5, 5.41) is 3.00. The molecule has 4 heteroatoms. The molecule has 0 radical (unpaired) electrons. The van der Waals surface area contributed by atoms with Gasteiger partial charge in [-0.15, -0.1) is 0 Å². The first-order valence-electron chi connectivity index (χ1n) is 8.42. The molecule has 0 aliphatic carbocycles. The molecule has 1 aromatic carbocycles. The number of carbonyl (C=O) groups is 1. The molecule has 122 valence electrons. The van der Waals surface area contributed by atoms with Crippen LogP contribution >= 0.6 is 0 Å². The molecule has 0 atom stereocenters. The lowest BCUT2D eigenvalue weighted by Gasteiger charge is -2.30. The van der Waals surface area contributed by atoms with Gasteiger partial charge in [-0.2, -0.15) is 0 Å². The molecule has 22 heavy (non-hydrogen) atoms. The highest BCUT2D eigenvalue weighted by Crippen LogP contribution is 2.15. The molecule has 1 aliphatic rings. The van der Waals surface area contributed by atoms with E-state index in [1.54, 1.807) is 0 Å². The SMILES string of the molecule is CCCOc1cccc(C(=O)NCCN2CCC(C)CC2)c1. The summed E-state index contributed by atoms with van der Waals surface area (Å²) in [5.74, 6) is 1.59. The van der Waals surface area contributed by atoms with E-state index in [0.717, 1.165) is 37.7 Å². The first-order valence-corrected chi connectivity index (χ1v) is 8.42. The largest absolute Gasteiger partial charge is 0.494 e. The number of nitrogens with zero attached hydrogens (tertiary/aromatic N) is 1. The van der Waals surface area contributed by atoms with E-state index in [4.69, 9.17) is 4.74 Å². The summed E-state index contributed by atoms with van der Waals surface area (Å²) in [6.07, 6.45) is 3.50. The van der Waals surface area contributed by atoms with Crippen LogP contribution in [0.4, 0.5) is 0 Å². The number of hydrogen-bond acceptors (Lipinski definition) is 3. The third-order valence-corrected chi connectivity index (χ3v) is 4.16. The van der Waals surface area contributed by atoms with Crippen LogP contribution in [0.25, 0.3) is 0 Å². The molecule has 1 aromatic rings. The molecule has 1 aliphatic heterocycles. The van der Waals surface area contributed by atoms with Crippen molar-refractivity contribution in [2.75, 3.05) is 32.8 Å². The number of hydrogen-bond donors (Lipinski definition) is 1. The van der Waals surface area contributed by atoms with Gasteiger partial charge in [-0.3, -0.25) is 4.79 Å². The summed E-state index contributed by atoms with van der Waals surface area (Å²) < 4.78 is 5.57. The van der Waals surface area contributed by atoms with Gasteiger partial charge in [-0.25, -0.2) is 0 Å². The topological polar surface area (TPSA) is 41.6 Å². The lowest BCUT2D eigenvalue weighted by molar-refractivity contribution is 0.0944. The van der Waals surface area contributed by atoms with Gasteiger partial charge in [0.05, 0.1) is 6.61 Å². The number of benzene rings is 1. The summed E-state index contributed by atoms with van der Waals surface area (Å²) in [6, 6.07) is 7.40. The Hall–Kier alpha value is -1.55. The van der Waals surface area contributed by atoms with Crippen LogP contribution in [0.15, 0.2) is 24.3 Å². The minimum atomic E-state index is -0.0210. The van der Waals surface area contributed by atoms with Gasteiger partial charge in [0.15, 0.2) is 0 Å². The van der Waals surface area contributed by atoms with Gasteiger partial charge in [0, 0.05) is 18.7 Å². The Bertz CT molecular complexity index is 468. The van der Waals surface area contributed by atoms with Crippen molar-refractivity contribution in [3.63, 3.8) is 0 Å². The smallest absolute Gasteiger partial charge is 0.251 e. The van der Waals surface area contributed by atoms with Gasteiger partial charge < -0.3 is 15.0 Å². The molecule has 0 spiro atoms. The maximum Gasteiger partial charge on any atom is 0.251 e. The van der Waals surface area contributed by atoms with Crippen LogP contribution in [-0.4, -0.2) is 43.6 Å². The van der Waals surface area contributed by atoms with E-state index < -0.39 is 0 Å². The average Bonchev–Trinajstić information content (AvgIpc) is 2.55. The molecular formula is C18H28N2O2. The van der Waals surface area contributed by atoms with Crippen LogP contribution in [0.5, 0.6) is 5.75 Å². The molecular weight excluding hydrogens is 276 g/mol. The van der Waals surface area contributed by atoms with Crippen molar-refractivity contribution in [3.05, 3.63) is 29.8 Å². The highest BCUT2D eigenvalue weighted by atomic mass is 16.5. The molecule has 4 nitrogen and oxygen atoms in total. The highest BCUT2D eigenvalue weighted by molar-refractivity contribution is 5.94. The fourth-order valence-corrected chi connectivity index (χ4v) is 2.66. The van der Waals surface area contributed by atoms with Crippen LogP contribution in [0.1, 0.15) is 43.5 Å². The Morgan fingerprint density at radius 3 is 2.86 bits per heavy atom. The van der Waals surface area contributed by atoms with Gasteiger partial charge in [0.1, 0.15) is 5.75 Å². The van der Waals surface area contributed by atoms with Crippen molar-refractivity contribution < 1.29 is 9.53 Å². The van der Waals surface area contributed by atoms with Crippen LogP contribution in [0, 0.1) is 5.92 Å². The lowest BCUT2D eigenvalue weighted by atomic mass is 9.99. The first kappa shape index (κ1) is 16.8. The number of piperidine rings is 1. The number of nitrogens with one attached hydrogen (secondary N) is 1. The summed E-state index contributed by atoms with van der Waals surface area (Å²) in [5.41, 5.74) is 0.667. The maximum absolute atomic E-state index is 12.2. The summed E-state index contributed by atoms with van der Waals surface area (Å²) in [7, 11) is 0. The minimum Gasteiger partial charge on any atom is -0.494 e. The molecule has 1 amide bonds. The Morgan fingerprint density at radius 1 is 1.36 bits per heavy atom. The van der Waals surface area contributed by atoms with Gasteiger partial charge in [-0.1, -0.05) is 19.9 Å². The van der Waals surface area contributed by atoms with Crippen LogP contribution < -0.4 is 10.1 Å². The van der Waals surface area contributed by atoms with Crippen LogP contribution in [0.2, 0.25) is 0 Å². The van der Waals surface area contributed by atoms with E-state index >= 15 is 0 Å². The molecule has 1 saturated heterocycles. The second-order valence-electron chi connectivity index (χ2n) is 6.16. The number of amides is 1. The van der Waals surface area contributed by atoms with Gasteiger partial charge >= 0.3 is 0 Å². The molecule has 0 saturated carbocycles. The Labute approximate surface area is 133 Å². The van der Waals surface area contributed by atoms with Gasteiger partial charge in [0.2, 0.25) is 0 Å². The number of likely N-dealkylation sites (tertiary alicyclic amines) is 1. The van der Waals surface area contributed by atoms with Crippen LogP contribution in [0.3, 0.4) is 0 Å². The van der Waals surface area contributed by atoms with Crippen molar-refractivity contribution >= 4 is 5.91 Å². The predicted molar refractivity (Wildman–Crippen MR) is 89.4 cm³/mol. The summed E-state index contributed by atoms with van der Waals surface area (Å²) >= 11 is 0. The number of ether oxygens (including phenoxy) is 1. The molecule has 1 fully saturated rings. The Kier molecular flexibility index (Phi) is 6.72. The monoisotopic (exact) mass is 304 g/mol. The number of carbonyl (C=O) groups excluding carboxylic acids is 1. The Balaban J connectivity index is 1.74. The third-order valence-electron chi connectivity index (χ3n) is 4.16. The van der Waals surface area contributed by atoms with E-state index in [1.807, 2.05) is 24.3 Å². The van der Waals surface area contributed by atoms with Crippen LogP contribution in [-0.2, 0) is 0 Å². The number of rotatable bonds is 7. The van der Waals surface area contributed by atoms with Crippen molar-refractivity contribution in [2.24, 2.45) is 5.92 Å². The van der Waals surface area contributed by atoms with Gasteiger partial charge in [0.25, 0.3) is 5.91 Å². The van der Waals surface area contributed by atoms with E-state index in [9.17, 15) is 4.79 Å². The normalized spacial score (nSPS) is 16.5. The highest BCUT2D eigenvalue weighted by Gasteiger charge is 2.15. The van der Waals surface area contributed by atoms with Crippen molar-refractivity contribution in [1.82, 2.24) is 10.2 Å². The lowest BCUT2D eigenvalue weighted by Crippen LogP contribution is -2.39. The summed E-state index contributed by atoms with van der Waals surface area (Å²) in [6.45, 7) is 9.00. The predicted octanol–water partition coefficient (Wildman–Crippen LogP) is 2.94. The Morgan fingerprint density at radius 2 is 2.14 bits per heavy atom. The minimum absolute atomic E-state index is 0.0210. The fraction of sp³-hybridized carbons (Fsp3) is 0.611. The van der Waals surface area contributed by atoms with Crippen molar-refractivity contribution in [2.45, 2.75) is 33.1 Å². The van der Waals surface area contributed by atoms with E-state index in [-0.39, 0.29) is 5.91 Å². The quantitative estimate of drug-likeness (QED) is 0.842. The molecule has 0 bridgehead atoms. The van der Waals surface area contributed by atoms with Crippen molar-refractivity contribution in [1.29, 1.82) is 0 Å². The van der Waals surface area contributed by atoms with E-state index in [0.29, 0.717) is 18.7 Å². The zero-order chi connectivity index (χ0) is 15.8. The fourth-order valence-electron chi connectivity index (χ4n) is 2.66. The zero-order valence-electron chi connectivity index (χ0n) is 13.8. The van der Waals surface area contributed by atoms with E-state index in [2.05, 4.69) is 24.1 Å². The second kappa shape index (κ2) is 8.79. The molecule has 0 aromatic heterocycles. The molecule has 2 rings (SSSR count). The first-order chi connectivity index (χ1) is 10.7. The summed E-state index contributed by atoms with van der Waals surface area (Å²) in [4.78, 5) is 14.6. The molecule has 1 N–H and O–H groups in total.